The lowest BCUT2D eigenvalue weighted by molar-refractivity contribution is 0.0738. The molecule has 4 heteroatoms. The summed E-state index contributed by atoms with van der Waals surface area (Å²) in [6, 6.07) is 8.58. The summed E-state index contributed by atoms with van der Waals surface area (Å²) >= 11 is 0. The first kappa shape index (κ1) is 14.5. The number of nitriles is 1. The zero-order valence-corrected chi connectivity index (χ0v) is 11.5. The summed E-state index contributed by atoms with van der Waals surface area (Å²) in [6.45, 7) is 0.278. The molecule has 0 bridgehead atoms. The Bertz CT molecular complexity index is 501. The molecule has 1 aromatic rings. The van der Waals surface area contributed by atoms with Gasteiger partial charge in [0.15, 0.2) is 0 Å². The molecule has 2 N–H and O–H groups in total. The highest BCUT2D eigenvalue weighted by Gasteiger charge is 2.22. The van der Waals surface area contributed by atoms with Crippen molar-refractivity contribution in [3.63, 3.8) is 0 Å². The number of carbonyl (C=O) groups excluding carboxylic acids is 1. The Kier molecular flexibility index (Phi) is 5.14. The van der Waals surface area contributed by atoms with E-state index >= 15 is 0 Å². The molecule has 0 saturated heterocycles. The molecule has 0 spiro atoms. The lowest BCUT2D eigenvalue weighted by atomic mass is 9.85. The highest BCUT2D eigenvalue weighted by Crippen LogP contribution is 2.26. The molecular formula is C16H20N2O2. The van der Waals surface area contributed by atoms with Crippen LogP contribution in [0.4, 0.5) is 0 Å². The summed E-state index contributed by atoms with van der Waals surface area (Å²) < 4.78 is 0. The van der Waals surface area contributed by atoms with Crippen LogP contribution in [0.3, 0.4) is 0 Å². The smallest absolute Gasteiger partial charge is 0.251 e. The van der Waals surface area contributed by atoms with E-state index in [1.54, 1.807) is 24.3 Å². The molecule has 106 valence electrons. The van der Waals surface area contributed by atoms with Crippen molar-refractivity contribution in [2.75, 3.05) is 6.54 Å². The van der Waals surface area contributed by atoms with Crippen LogP contribution in [0.5, 0.6) is 0 Å². The fourth-order valence-corrected chi connectivity index (χ4v) is 2.71. The molecule has 0 aliphatic heterocycles. The molecule has 0 aromatic heterocycles. The normalized spacial score (nSPS) is 17.2. The van der Waals surface area contributed by atoms with Gasteiger partial charge in [0.2, 0.25) is 0 Å². The highest BCUT2D eigenvalue weighted by atomic mass is 16.3. The minimum atomic E-state index is -0.474. The average Bonchev–Trinajstić information content (AvgIpc) is 2.53. The third-order valence-corrected chi connectivity index (χ3v) is 3.92. The van der Waals surface area contributed by atoms with Gasteiger partial charge in [0.25, 0.3) is 5.91 Å². The van der Waals surface area contributed by atoms with Crippen LogP contribution >= 0.6 is 0 Å². The van der Waals surface area contributed by atoms with Gasteiger partial charge in [0, 0.05) is 12.1 Å². The van der Waals surface area contributed by atoms with Crippen molar-refractivity contribution >= 4 is 5.91 Å². The highest BCUT2D eigenvalue weighted by molar-refractivity contribution is 5.94. The lowest BCUT2D eigenvalue weighted by Crippen LogP contribution is -2.37. The molecule has 2 rings (SSSR count). The first-order chi connectivity index (χ1) is 9.70. The van der Waals surface area contributed by atoms with Crippen molar-refractivity contribution in [1.29, 1.82) is 5.26 Å². The van der Waals surface area contributed by atoms with Gasteiger partial charge in [0.05, 0.1) is 17.7 Å². The Morgan fingerprint density at radius 3 is 2.85 bits per heavy atom. The molecule has 1 amide bonds. The Hall–Kier alpha value is -1.86. The zero-order valence-electron chi connectivity index (χ0n) is 11.5. The van der Waals surface area contributed by atoms with E-state index in [0.717, 1.165) is 12.8 Å². The van der Waals surface area contributed by atoms with E-state index < -0.39 is 6.10 Å². The number of aliphatic hydroxyl groups excluding tert-OH is 1. The SMILES string of the molecule is N#Cc1cccc(C(=O)NCC(O)C2CCCCC2)c1. The largest absolute Gasteiger partial charge is 0.391 e. The van der Waals surface area contributed by atoms with Gasteiger partial charge < -0.3 is 10.4 Å². The van der Waals surface area contributed by atoms with Crippen molar-refractivity contribution in [1.82, 2.24) is 5.32 Å². The molecule has 0 heterocycles. The van der Waals surface area contributed by atoms with Crippen molar-refractivity contribution in [3.8, 4) is 6.07 Å². The average molecular weight is 272 g/mol. The number of benzene rings is 1. The van der Waals surface area contributed by atoms with Crippen molar-refractivity contribution in [3.05, 3.63) is 35.4 Å². The van der Waals surface area contributed by atoms with Gasteiger partial charge in [-0.2, -0.15) is 5.26 Å². The van der Waals surface area contributed by atoms with E-state index in [4.69, 9.17) is 5.26 Å². The maximum atomic E-state index is 12.0. The number of aliphatic hydroxyl groups is 1. The van der Waals surface area contributed by atoms with Gasteiger partial charge in [-0.25, -0.2) is 0 Å². The quantitative estimate of drug-likeness (QED) is 0.882. The Labute approximate surface area is 119 Å². The molecule has 20 heavy (non-hydrogen) atoms. The van der Waals surface area contributed by atoms with Crippen molar-refractivity contribution in [2.24, 2.45) is 5.92 Å². The molecule has 1 atom stereocenters. The minimum absolute atomic E-state index is 0.239. The number of amides is 1. The second-order valence-electron chi connectivity index (χ2n) is 5.37. The van der Waals surface area contributed by atoms with Crippen LogP contribution in [-0.2, 0) is 0 Å². The maximum absolute atomic E-state index is 12.0. The molecule has 1 fully saturated rings. The number of nitrogens with one attached hydrogen (secondary N) is 1. The summed E-state index contributed by atoms with van der Waals surface area (Å²) in [5.41, 5.74) is 0.922. The minimum Gasteiger partial charge on any atom is -0.391 e. The van der Waals surface area contributed by atoms with Gasteiger partial charge in [-0.05, 0) is 37.0 Å². The topological polar surface area (TPSA) is 73.1 Å². The van der Waals surface area contributed by atoms with E-state index in [2.05, 4.69) is 5.32 Å². The number of carbonyl (C=O) groups is 1. The van der Waals surface area contributed by atoms with Crippen LogP contribution < -0.4 is 5.32 Å². The van der Waals surface area contributed by atoms with E-state index in [1.807, 2.05) is 6.07 Å². The first-order valence-electron chi connectivity index (χ1n) is 7.17. The number of nitrogens with zero attached hydrogens (tertiary/aromatic N) is 1. The molecule has 1 aliphatic rings. The van der Waals surface area contributed by atoms with Gasteiger partial charge in [-0.15, -0.1) is 0 Å². The lowest BCUT2D eigenvalue weighted by Gasteiger charge is -2.26. The first-order valence-corrected chi connectivity index (χ1v) is 7.17. The van der Waals surface area contributed by atoms with Crippen LogP contribution in [0.25, 0.3) is 0 Å². The molecule has 1 saturated carbocycles. The number of rotatable bonds is 4. The Morgan fingerprint density at radius 2 is 2.15 bits per heavy atom. The third kappa shape index (κ3) is 3.82. The molecular weight excluding hydrogens is 252 g/mol. The third-order valence-electron chi connectivity index (χ3n) is 3.92. The van der Waals surface area contributed by atoms with Gasteiger partial charge in [-0.3, -0.25) is 4.79 Å². The Morgan fingerprint density at radius 1 is 1.40 bits per heavy atom. The second kappa shape index (κ2) is 7.06. The monoisotopic (exact) mass is 272 g/mol. The maximum Gasteiger partial charge on any atom is 0.251 e. The summed E-state index contributed by atoms with van der Waals surface area (Å²) in [5, 5.41) is 21.7. The van der Waals surface area contributed by atoms with E-state index in [9.17, 15) is 9.90 Å². The molecule has 1 unspecified atom stereocenters. The zero-order chi connectivity index (χ0) is 14.4. The van der Waals surface area contributed by atoms with Crippen molar-refractivity contribution in [2.45, 2.75) is 38.2 Å². The fraction of sp³-hybridized carbons (Fsp3) is 0.500. The van der Waals surface area contributed by atoms with Crippen LogP contribution in [0.15, 0.2) is 24.3 Å². The van der Waals surface area contributed by atoms with Crippen LogP contribution in [0.2, 0.25) is 0 Å². The van der Waals surface area contributed by atoms with E-state index in [-0.39, 0.29) is 12.5 Å². The number of hydrogen-bond acceptors (Lipinski definition) is 3. The van der Waals surface area contributed by atoms with Gasteiger partial charge >= 0.3 is 0 Å². The standard InChI is InChI=1S/C16H20N2O2/c17-10-12-5-4-8-14(9-12)16(20)18-11-15(19)13-6-2-1-3-7-13/h4-5,8-9,13,15,19H,1-3,6-7,11H2,(H,18,20). The van der Waals surface area contributed by atoms with E-state index in [1.165, 1.54) is 19.3 Å². The fourth-order valence-electron chi connectivity index (χ4n) is 2.71. The van der Waals surface area contributed by atoms with Crippen LogP contribution in [0, 0.1) is 17.2 Å². The van der Waals surface area contributed by atoms with Crippen molar-refractivity contribution < 1.29 is 9.90 Å². The van der Waals surface area contributed by atoms with Gasteiger partial charge in [-0.1, -0.05) is 25.3 Å². The predicted molar refractivity (Wildman–Crippen MR) is 76.1 cm³/mol. The van der Waals surface area contributed by atoms with Crippen LogP contribution in [-0.4, -0.2) is 23.7 Å². The summed E-state index contributed by atoms with van der Waals surface area (Å²) in [5.74, 6) is 0.0615. The molecule has 4 nitrogen and oxygen atoms in total. The second-order valence-corrected chi connectivity index (χ2v) is 5.37. The summed E-state index contributed by atoms with van der Waals surface area (Å²) in [6.07, 6.45) is 5.19. The molecule has 0 radical (unpaired) electrons. The van der Waals surface area contributed by atoms with Crippen LogP contribution in [0.1, 0.15) is 48.0 Å². The number of hydrogen-bond donors (Lipinski definition) is 2. The molecule has 1 aliphatic carbocycles. The predicted octanol–water partition coefficient (Wildman–Crippen LogP) is 2.23. The van der Waals surface area contributed by atoms with E-state index in [0.29, 0.717) is 17.0 Å². The van der Waals surface area contributed by atoms with Gasteiger partial charge in [0.1, 0.15) is 0 Å². The molecule has 1 aromatic carbocycles. The Balaban J connectivity index is 1.86. The summed E-state index contributed by atoms with van der Waals surface area (Å²) in [4.78, 5) is 12.0. The summed E-state index contributed by atoms with van der Waals surface area (Å²) in [7, 11) is 0.